The summed E-state index contributed by atoms with van der Waals surface area (Å²) >= 11 is 15.7. The molecule has 0 heterocycles. The first-order valence-electron chi connectivity index (χ1n) is 8.63. The number of methoxy groups -OCH3 is 1. The van der Waals surface area contributed by atoms with Crippen molar-refractivity contribution in [2.24, 2.45) is 0 Å². The molecule has 0 unspecified atom stereocenters. The number of hydrogen-bond acceptors (Lipinski definition) is 3. The minimum absolute atomic E-state index is 0.304. The first kappa shape index (κ1) is 21.3. The monoisotopic (exact) mass is 487 g/mol. The maximum atomic E-state index is 9.57. The molecule has 0 atom stereocenters. The lowest BCUT2D eigenvalue weighted by Crippen LogP contribution is -1.99. The molecule has 0 spiro atoms. The summed E-state index contributed by atoms with van der Waals surface area (Å²) < 4.78 is 12.2. The van der Waals surface area contributed by atoms with E-state index in [2.05, 4.69) is 22.0 Å². The predicted octanol–water partition coefficient (Wildman–Crippen LogP) is 7.41. The van der Waals surface area contributed by atoms with Crippen molar-refractivity contribution in [3.8, 4) is 17.6 Å². The number of ether oxygens (including phenoxy) is 2. The summed E-state index contributed by atoms with van der Waals surface area (Å²) in [7, 11) is 1.57. The highest BCUT2D eigenvalue weighted by atomic mass is 79.9. The molecule has 3 aromatic rings. The zero-order valence-electron chi connectivity index (χ0n) is 15.5. The first-order valence-corrected chi connectivity index (χ1v) is 10.2. The van der Waals surface area contributed by atoms with Crippen molar-refractivity contribution in [2.45, 2.75) is 6.61 Å². The zero-order chi connectivity index (χ0) is 20.8. The fourth-order valence-corrected chi connectivity index (χ4v) is 3.60. The first-order chi connectivity index (χ1) is 14.0. The quantitative estimate of drug-likeness (QED) is 0.268. The molecule has 3 aromatic carbocycles. The lowest BCUT2D eigenvalue weighted by atomic mass is 10.0. The van der Waals surface area contributed by atoms with Crippen LogP contribution in [0.5, 0.6) is 11.5 Å². The van der Waals surface area contributed by atoms with Gasteiger partial charge in [-0.15, -0.1) is 0 Å². The molecule has 0 bridgehead atoms. The van der Waals surface area contributed by atoms with Gasteiger partial charge in [-0.1, -0.05) is 53.5 Å². The van der Waals surface area contributed by atoms with E-state index in [1.807, 2.05) is 48.5 Å². The average Bonchev–Trinajstić information content (AvgIpc) is 2.72. The van der Waals surface area contributed by atoms with E-state index in [0.717, 1.165) is 16.7 Å². The van der Waals surface area contributed by atoms with Gasteiger partial charge in [0, 0.05) is 15.6 Å². The van der Waals surface area contributed by atoms with E-state index in [1.54, 1.807) is 25.3 Å². The van der Waals surface area contributed by atoms with Crippen LogP contribution < -0.4 is 9.47 Å². The minimum Gasteiger partial charge on any atom is -0.493 e. The van der Waals surface area contributed by atoms with Crippen molar-refractivity contribution in [3.05, 3.63) is 91.9 Å². The number of benzene rings is 3. The van der Waals surface area contributed by atoms with Crippen LogP contribution in [-0.4, -0.2) is 7.11 Å². The van der Waals surface area contributed by atoms with Crippen molar-refractivity contribution < 1.29 is 9.47 Å². The number of halogens is 3. The molecule has 0 fully saturated rings. The molecule has 0 aliphatic rings. The van der Waals surface area contributed by atoms with Crippen LogP contribution in [0.25, 0.3) is 11.6 Å². The molecule has 0 aliphatic carbocycles. The Kier molecular flexibility index (Phi) is 7.22. The van der Waals surface area contributed by atoms with Gasteiger partial charge < -0.3 is 9.47 Å². The minimum atomic E-state index is 0.304. The molecule has 0 amide bonds. The average molecular weight is 489 g/mol. The Balaban J connectivity index is 1.90. The predicted molar refractivity (Wildman–Crippen MR) is 121 cm³/mol. The maximum Gasteiger partial charge on any atom is 0.175 e. The summed E-state index contributed by atoms with van der Waals surface area (Å²) in [6.45, 7) is 0.304. The third-order valence-corrected chi connectivity index (χ3v) is 5.38. The highest BCUT2D eigenvalue weighted by Gasteiger charge is 2.13. The van der Waals surface area contributed by atoms with Gasteiger partial charge in [0.05, 0.1) is 23.2 Å². The van der Waals surface area contributed by atoms with Crippen LogP contribution in [-0.2, 0) is 6.61 Å². The fourth-order valence-electron chi connectivity index (χ4n) is 2.70. The Hall–Kier alpha value is -2.45. The van der Waals surface area contributed by atoms with Crippen molar-refractivity contribution in [1.29, 1.82) is 5.26 Å². The number of nitrogens with zero attached hydrogens (tertiary/aromatic N) is 1. The molecule has 146 valence electrons. The van der Waals surface area contributed by atoms with Crippen LogP contribution in [0.2, 0.25) is 10.0 Å². The van der Waals surface area contributed by atoms with Gasteiger partial charge in [-0.3, -0.25) is 0 Å². The Morgan fingerprint density at radius 2 is 1.83 bits per heavy atom. The van der Waals surface area contributed by atoms with Gasteiger partial charge in [0.15, 0.2) is 11.5 Å². The van der Waals surface area contributed by atoms with E-state index in [9.17, 15) is 5.26 Å². The Morgan fingerprint density at radius 3 is 2.48 bits per heavy atom. The van der Waals surface area contributed by atoms with Crippen LogP contribution in [0.4, 0.5) is 0 Å². The van der Waals surface area contributed by atoms with Crippen LogP contribution >= 0.6 is 39.1 Å². The number of rotatable bonds is 6. The summed E-state index contributed by atoms with van der Waals surface area (Å²) in [4.78, 5) is 0. The Morgan fingerprint density at radius 1 is 1.10 bits per heavy atom. The second kappa shape index (κ2) is 9.84. The smallest absolute Gasteiger partial charge is 0.175 e. The highest BCUT2D eigenvalue weighted by molar-refractivity contribution is 9.10. The third-order valence-electron chi connectivity index (χ3n) is 4.17. The van der Waals surface area contributed by atoms with Gasteiger partial charge in [-0.25, -0.2) is 0 Å². The molecule has 0 saturated heterocycles. The van der Waals surface area contributed by atoms with E-state index in [-0.39, 0.29) is 0 Å². The van der Waals surface area contributed by atoms with Crippen molar-refractivity contribution in [3.63, 3.8) is 0 Å². The van der Waals surface area contributed by atoms with Crippen molar-refractivity contribution in [1.82, 2.24) is 0 Å². The van der Waals surface area contributed by atoms with Crippen LogP contribution in [0.3, 0.4) is 0 Å². The third kappa shape index (κ3) is 5.33. The normalized spacial score (nSPS) is 11.1. The summed E-state index contributed by atoms with van der Waals surface area (Å²) in [6, 6.07) is 20.6. The van der Waals surface area contributed by atoms with Crippen molar-refractivity contribution in [2.75, 3.05) is 7.11 Å². The fraction of sp³-hybridized carbons (Fsp3) is 0.0870. The maximum absolute atomic E-state index is 9.57. The van der Waals surface area contributed by atoms with E-state index in [0.29, 0.717) is 38.2 Å². The summed E-state index contributed by atoms with van der Waals surface area (Å²) in [5, 5.41) is 10.8. The van der Waals surface area contributed by atoms with Gasteiger partial charge >= 0.3 is 0 Å². The van der Waals surface area contributed by atoms with Crippen LogP contribution in [0.15, 0.2) is 65.1 Å². The second-order valence-corrected chi connectivity index (χ2v) is 7.79. The number of nitriles is 1. The SMILES string of the molecule is COc1cc(/C=C(/C#N)c2ccc(Cl)cc2)cc(Br)c1OCc1ccccc1Cl. The molecule has 29 heavy (non-hydrogen) atoms. The molecule has 3 nitrogen and oxygen atoms in total. The van der Waals surface area contributed by atoms with Gasteiger partial charge in [0.2, 0.25) is 0 Å². The molecule has 6 heteroatoms. The summed E-state index contributed by atoms with van der Waals surface area (Å²) in [6.07, 6.45) is 1.79. The van der Waals surface area contributed by atoms with Crippen LogP contribution in [0.1, 0.15) is 16.7 Å². The van der Waals surface area contributed by atoms with Gasteiger partial charge in [0.1, 0.15) is 6.61 Å². The molecule has 0 aliphatic heterocycles. The molecule has 0 aromatic heterocycles. The Labute approximate surface area is 188 Å². The highest BCUT2D eigenvalue weighted by Crippen LogP contribution is 2.38. The second-order valence-electron chi connectivity index (χ2n) is 6.09. The van der Waals surface area contributed by atoms with E-state index < -0.39 is 0 Å². The lowest BCUT2D eigenvalue weighted by molar-refractivity contribution is 0.282. The standard InChI is InChI=1S/C23H16BrCl2NO2/c1-28-22-12-15(10-18(13-27)16-6-8-19(25)9-7-16)11-20(24)23(22)29-14-17-4-2-3-5-21(17)26/h2-12H,14H2,1H3/b18-10-. The summed E-state index contributed by atoms with van der Waals surface area (Å²) in [5.41, 5.74) is 2.97. The zero-order valence-corrected chi connectivity index (χ0v) is 18.6. The van der Waals surface area contributed by atoms with Crippen LogP contribution in [0, 0.1) is 11.3 Å². The van der Waals surface area contributed by atoms with E-state index in [1.165, 1.54) is 0 Å². The largest absolute Gasteiger partial charge is 0.493 e. The van der Waals surface area contributed by atoms with E-state index in [4.69, 9.17) is 32.7 Å². The molecular weight excluding hydrogens is 473 g/mol. The van der Waals surface area contributed by atoms with Gasteiger partial charge in [-0.2, -0.15) is 5.26 Å². The number of allylic oxidation sites excluding steroid dienone is 1. The van der Waals surface area contributed by atoms with E-state index >= 15 is 0 Å². The molecule has 0 radical (unpaired) electrons. The Bertz CT molecular complexity index is 1090. The molecular formula is C23H16BrCl2NO2. The van der Waals surface area contributed by atoms with Crippen molar-refractivity contribution >= 4 is 50.8 Å². The van der Waals surface area contributed by atoms with Gasteiger partial charge in [0.25, 0.3) is 0 Å². The number of hydrogen-bond donors (Lipinski definition) is 0. The lowest BCUT2D eigenvalue weighted by Gasteiger charge is -2.14. The van der Waals surface area contributed by atoms with Gasteiger partial charge in [-0.05, 0) is 63.5 Å². The molecule has 0 saturated carbocycles. The topological polar surface area (TPSA) is 42.2 Å². The molecule has 3 rings (SSSR count). The summed E-state index contributed by atoms with van der Waals surface area (Å²) in [5.74, 6) is 1.11. The molecule has 0 N–H and O–H groups in total.